The van der Waals surface area contributed by atoms with Crippen LogP contribution in [0, 0.1) is 5.92 Å². The molecule has 0 radical (unpaired) electrons. The number of ether oxygens (including phenoxy) is 2. The smallest absolute Gasteiger partial charge is 0.217 e. The zero-order valence-electron chi connectivity index (χ0n) is 18.6. The number of rotatable bonds is 8. The highest BCUT2D eigenvalue weighted by atomic mass is 16.5. The zero-order valence-corrected chi connectivity index (χ0v) is 18.6. The topological polar surface area (TPSA) is 81.5 Å². The number of aromatic nitrogens is 3. The molecule has 1 amide bonds. The number of methoxy groups -OCH3 is 2. The molecule has 3 rings (SSSR count). The second-order valence-electron chi connectivity index (χ2n) is 8.26. The lowest BCUT2D eigenvalue weighted by atomic mass is 10.0. The zero-order chi connectivity index (χ0) is 21.7. The van der Waals surface area contributed by atoms with Crippen LogP contribution >= 0.6 is 0 Å². The SMILES string of the molecule is COc1cc(CN2CCc3nnc([C@@H](CC(C)C)NC(C)=O)n3CC2)cc(OC)c1. The molecule has 2 aromatic rings. The van der Waals surface area contributed by atoms with E-state index >= 15 is 0 Å². The molecule has 1 aromatic heterocycles. The highest BCUT2D eigenvalue weighted by Gasteiger charge is 2.25. The Labute approximate surface area is 178 Å². The van der Waals surface area contributed by atoms with Crippen LogP contribution in [0.1, 0.15) is 50.4 Å². The number of hydrogen-bond donors (Lipinski definition) is 1. The number of nitrogens with zero attached hydrogens (tertiary/aromatic N) is 4. The lowest BCUT2D eigenvalue weighted by Gasteiger charge is -2.22. The average Bonchev–Trinajstić information content (AvgIpc) is 3.01. The first-order valence-electron chi connectivity index (χ1n) is 10.5. The number of fused-ring (bicyclic) bond motifs is 1. The predicted molar refractivity (Wildman–Crippen MR) is 115 cm³/mol. The van der Waals surface area contributed by atoms with Crippen molar-refractivity contribution < 1.29 is 14.3 Å². The summed E-state index contributed by atoms with van der Waals surface area (Å²) in [6, 6.07) is 5.87. The Hall–Kier alpha value is -2.61. The van der Waals surface area contributed by atoms with Crippen molar-refractivity contribution in [2.24, 2.45) is 5.92 Å². The predicted octanol–water partition coefficient (Wildman–Crippen LogP) is 2.58. The third-order valence-electron chi connectivity index (χ3n) is 5.36. The number of benzene rings is 1. The molecule has 0 saturated carbocycles. The minimum Gasteiger partial charge on any atom is -0.497 e. The molecular formula is C22H33N5O3. The Morgan fingerprint density at radius 2 is 1.80 bits per heavy atom. The van der Waals surface area contributed by atoms with E-state index < -0.39 is 0 Å². The van der Waals surface area contributed by atoms with Crippen molar-refractivity contribution in [1.82, 2.24) is 25.0 Å². The van der Waals surface area contributed by atoms with Crippen LogP contribution in [0.15, 0.2) is 18.2 Å². The second-order valence-corrected chi connectivity index (χ2v) is 8.26. The minimum absolute atomic E-state index is 0.0415. The molecule has 1 aromatic carbocycles. The van der Waals surface area contributed by atoms with Gasteiger partial charge in [0.1, 0.15) is 17.3 Å². The number of nitrogens with one attached hydrogen (secondary N) is 1. The van der Waals surface area contributed by atoms with Gasteiger partial charge in [0, 0.05) is 45.6 Å². The van der Waals surface area contributed by atoms with Gasteiger partial charge in [0.2, 0.25) is 5.91 Å². The number of carbonyl (C=O) groups is 1. The summed E-state index contributed by atoms with van der Waals surface area (Å²) in [4.78, 5) is 14.1. The van der Waals surface area contributed by atoms with E-state index in [1.165, 1.54) is 0 Å². The summed E-state index contributed by atoms with van der Waals surface area (Å²) in [5.41, 5.74) is 1.15. The van der Waals surface area contributed by atoms with Crippen LogP contribution in [0.25, 0.3) is 0 Å². The molecule has 8 nitrogen and oxygen atoms in total. The monoisotopic (exact) mass is 415 g/mol. The molecule has 0 fully saturated rings. The van der Waals surface area contributed by atoms with Gasteiger partial charge in [0.05, 0.1) is 20.3 Å². The molecule has 0 unspecified atom stereocenters. The molecule has 2 heterocycles. The second kappa shape index (κ2) is 9.93. The van der Waals surface area contributed by atoms with Crippen LogP contribution < -0.4 is 14.8 Å². The molecule has 1 atom stereocenters. The summed E-state index contributed by atoms with van der Waals surface area (Å²) in [7, 11) is 3.33. The summed E-state index contributed by atoms with van der Waals surface area (Å²) in [6.45, 7) is 9.24. The molecule has 1 aliphatic heterocycles. The quantitative estimate of drug-likeness (QED) is 0.714. The summed E-state index contributed by atoms with van der Waals surface area (Å²) >= 11 is 0. The molecule has 1 N–H and O–H groups in total. The fourth-order valence-corrected chi connectivity index (χ4v) is 3.97. The van der Waals surface area contributed by atoms with Crippen molar-refractivity contribution >= 4 is 5.91 Å². The van der Waals surface area contributed by atoms with Gasteiger partial charge in [-0.15, -0.1) is 10.2 Å². The van der Waals surface area contributed by atoms with E-state index in [1.54, 1.807) is 21.1 Å². The van der Waals surface area contributed by atoms with E-state index in [1.807, 2.05) is 18.2 Å². The van der Waals surface area contributed by atoms with Crippen LogP contribution in [0.4, 0.5) is 0 Å². The van der Waals surface area contributed by atoms with E-state index in [9.17, 15) is 4.79 Å². The van der Waals surface area contributed by atoms with E-state index in [2.05, 4.69) is 38.8 Å². The van der Waals surface area contributed by atoms with Gasteiger partial charge >= 0.3 is 0 Å². The minimum atomic E-state index is -0.113. The van der Waals surface area contributed by atoms with E-state index in [4.69, 9.17) is 9.47 Å². The first-order chi connectivity index (χ1) is 14.4. The van der Waals surface area contributed by atoms with Crippen molar-refractivity contribution in [1.29, 1.82) is 0 Å². The van der Waals surface area contributed by atoms with Crippen LogP contribution in [-0.4, -0.2) is 52.9 Å². The average molecular weight is 416 g/mol. The third-order valence-corrected chi connectivity index (χ3v) is 5.36. The molecule has 30 heavy (non-hydrogen) atoms. The van der Waals surface area contributed by atoms with Gasteiger partial charge in [-0.1, -0.05) is 13.8 Å². The van der Waals surface area contributed by atoms with Crippen molar-refractivity contribution in [2.75, 3.05) is 27.3 Å². The number of amides is 1. The maximum Gasteiger partial charge on any atom is 0.217 e. The number of carbonyl (C=O) groups excluding carboxylic acids is 1. The lowest BCUT2D eigenvalue weighted by Crippen LogP contribution is -2.31. The highest BCUT2D eigenvalue weighted by molar-refractivity contribution is 5.73. The first-order valence-corrected chi connectivity index (χ1v) is 10.5. The Kier molecular flexibility index (Phi) is 7.31. The van der Waals surface area contributed by atoms with Crippen LogP contribution in [-0.2, 0) is 24.3 Å². The Bertz CT molecular complexity index is 842. The van der Waals surface area contributed by atoms with Gasteiger partial charge in [-0.2, -0.15) is 0 Å². The van der Waals surface area contributed by atoms with Gasteiger partial charge in [0.15, 0.2) is 5.82 Å². The highest BCUT2D eigenvalue weighted by Crippen LogP contribution is 2.25. The van der Waals surface area contributed by atoms with E-state index in [0.29, 0.717) is 5.92 Å². The third kappa shape index (κ3) is 5.50. The molecular weight excluding hydrogens is 382 g/mol. The molecule has 164 valence electrons. The van der Waals surface area contributed by atoms with Gasteiger partial charge in [0.25, 0.3) is 0 Å². The van der Waals surface area contributed by atoms with E-state index in [-0.39, 0.29) is 11.9 Å². The van der Waals surface area contributed by atoms with Crippen molar-refractivity contribution in [2.45, 2.75) is 52.7 Å². The Morgan fingerprint density at radius 1 is 1.10 bits per heavy atom. The van der Waals surface area contributed by atoms with Gasteiger partial charge in [-0.25, -0.2) is 0 Å². The molecule has 0 spiro atoms. The molecule has 0 saturated heterocycles. The van der Waals surface area contributed by atoms with Gasteiger partial charge in [-0.3, -0.25) is 9.69 Å². The number of hydrogen-bond acceptors (Lipinski definition) is 6. The maximum atomic E-state index is 11.7. The largest absolute Gasteiger partial charge is 0.497 e. The summed E-state index contributed by atoms with van der Waals surface area (Å²) in [5, 5.41) is 11.9. The van der Waals surface area contributed by atoms with Crippen LogP contribution in [0.3, 0.4) is 0 Å². The molecule has 8 heteroatoms. The normalized spacial score (nSPS) is 15.4. The first kappa shape index (κ1) is 22.1. The van der Waals surface area contributed by atoms with Gasteiger partial charge < -0.3 is 19.4 Å². The van der Waals surface area contributed by atoms with Crippen molar-refractivity contribution in [3.05, 3.63) is 35.4 Å². The Balaban J connectivity index is 1.74. The fourth-order valence-electron chi connectivity index (χ4n) is 3.97. The molecule has 0 bridgehead atoms. The van der Waals surface area contributed by atoms with Crippen molar-refractivity contribution in [3.63, 3.8) is 0 Å². The lowest BCUT2D eigenvalue weighted by molar-refractivity contribution is -0.119. The maximum absolute atomic E-state index is 11.7. The standard InChI is InChI=1S/C22H33N5O3/c1-15(2)10-20(23-16(3)28)22-25-24-21-6-7-26(8-9-27(21)22)14-17-11-18(29-4)13-19(12-17)30-5/h11-13,15,20H,6-10,14H2,1-5H3,(H,23,28)/t20-/m1/s1. The van der Waals surface area contributed by atoms with E-state index in [0.717, 1.165) is 67.7 Å². The summed E-state index contributed by atoms with van der Waals surface area (Å²) in [6.07, 6.45) is 1.66. The fraction of sp³-hybridized carbons (Fsp3) is 0.591. The molecule has 1 aliphatic rings. The van der Waals surface area contributed by atoms with Gasteiger partial charge in [-0.05, 0) is 30.0 Å². The summed E-state index contributed by atoms with van der Waals surface area (Å²) in [5.74, 6) is 3.84. The molecule has 0 aliphatic carbocycles. The van der Waals surface area contributed by atoms with Crippen molar-refractivity contribution in [3.8, 4) is 11.5 Å². The Morgan fingerprint density at radius 3 is 2.40 bits per heavy atom. The summed E-state index contributed by atoms with van der Waals surface area (Å²) < 4.78 is 13.0. The van der Waals surface area contributed by atoms with Crippen LogP contribution in [0.5, 0.6) is 11.5 Å². The van der Waals surface area contributed by atoms with Crippen LogP contribution in [0.2, 0.25) is 0 Å².